The van der Waals surface area contributed by atoms with Gasteiger partial charge in [-0.15, -0.1) is 0 Å². The molecule has 1 rings (SSSR count). The molecule has 1 aromatic carbocycles. The Morgan fingerprint density at radius 2 is 1.93 bits per heavy atom. The Balaban J connectivity index is 2.90. The van der Waals surface area contributed by atoms with Gasteiger partial charge in [0.1, 0.15) is 0 Å². The Morgan fingerprint density at radius 3 is 2.43 bits per heavy atom. The second-order valence-electron chi connectivity index (χ2n) is 5.00. The summed E-state index contributed by atoms with van der Waals surface area (Å²) in [4.78, 5) is 0. The SMILES string of the molecule is CC(O)Cc1cccc(C(C)(C)C)c1. The maximum Gasteiger partial charge on any atom is 0.0552 e. The summed E-state index contributed by atoms with van der Waals surface area (Å²) < 4.78 is 0. The Bertz CT molecular complexity index is 294. The molecule has 0 aromatic heterocycles. The van der Waals surface area contributed by atoms with Crippen LogP contribution in [0.2, 0.25) is 0 Å². The molecule has 0 radical (unpaired) electrons. The smallest absolute Gasteiger partial charge is 0.0552 e. The number of hydrogen-bond donors (Lipinski definition) is 1. The van der Waals surface area contributed by atoms with Crippen LogP contribution in [-0.2, 0) is 11.8 Å². The Morgan fingerprint density at radius 1 is 1.29 bits per heavy atom. The molecule has 1 N–H and O–H groups in total. The zero-order chi connectivity index (χ0) is 10.8. The highest BCUT2D eigenvalue weighted by Crippen LogP contribution is 2.23. The lowest BCUT2D eigenvalue weighted by Gasteiger charge is -2.20. The number of aliphatic hydroxyl groups is 1. The van der Waals surface area contributed by atoms with Crippen LogP contribution in [0, 0.1) is 0 Å². The van der Waals surface area contributed by atoms with Crippen LogP contribution in [-0.4, -0.2) is 11.2 Å². The van der Waals surface area contributed by atoms with Gasteiger partial charge in [-0.05, 0) is 29.9 Å². The summed E-state index contributed by atoms with van der Waals surface area (Å²) in [6, 6.07) is 8.47. The van der Waals surface area contributed by atoms with Crippen molar-refractivity contribution in [2.75, 3.05) is 0 Å². The number of benzene rings is 1. The van der Waals surface area contributed by atoms with Crippen molar-refractivity contribution >= 4 is 0 Å². The minimum absolute atomic E-state index is 0.189. The molecule has 0 aliphatic carbocycles. The van der Waals surface area contributed by atoms with E-state index in [4.69, 9.17) is 0 Å². The number of rotatable bonds is 2. The van der Waals surface area contributed by atoms with E-state index >= 15 is 0 Å². The fraction of sp³-hybridized carbons (Fsp3) is 0.538. The molecule has 0 fully saturated rings. The van der Waals surface area contributed by atoms with E-state index in [1.165, 1.54) is 11.1 Å². The third kappa shape index (κ3) is 3.15. The molecule has 0 amide bonds. The van der Waals surface area contributed by atoms with Crippen LogP contribution >= 0.6 is 0 Å². The summed E-state index contributed by atoms with van der Waals surface area (Å²) in [6.45, 7) is 8.43. The van der Waals surface area contributed by atoms with E-state index in [1.807, 2.05) is 6.92 Å². The maximum absolute atomic E-state index is 9.30. The normalized spacial score (nSPS) is 14.1. The predicted molar refractivity (Wildman–Crippen MR) is 60.5 cm³/mol. The zero-order valence-corrected chi connectivity index (χ0v) is 9.54. The van der Waals surface area contributed by atoms with E-state index in [9.17, 15) is 5.11 Å². The van der Waals surface area contributed by atoms with Crippen LogP contribution in [0.3, 0.4) is 0 Å². The monoisotopic (exact) mass is 192 g/mol. The average Bonchev–Trinajstić information content (AvgIpc) is 2.01. The topological polar surface area (TPSA) is 20.2 Å². The minimum Gasteiger partial charge on any atom is -0.393 e. The van der Waals surface area contributed by atoms with Gasteiger partial charge in [0.05, 0.1) is 6.10 Å². The third-order valence-corrected chi connectivity index (χ3v) is 2.32. The third-order valence-electron chi connectivity index (χ3n) is 2.32. The van der Waals surface area contributed by atoms with E-state index < -0.39 is 0 Å². The molecule has 1 atom stereocenters. The lowest BCUT2D eigenvalue weighted by atomic mass is 9.86. The lowest BCUT2D eigenvalue weighted by Crippen LogP contribution is -2.12. The molecule has 0 heterocycles. The van der Waals surface area contributed by atoms with Crippen molar-refractivity contribution in [1.29, 1.82) is 0 Å². The van der Waals surface area contributed by atoms with E-state index in [-0.39, 0.29) is 11.5 Å². The summed E-state index contributed by atoms with van der Waals surface area (Å²) in [5.74, 6) is 0. The summed E-state index contributed by atoms with van der Waals surface area (Å²) >= 11 is 0. The average molecular weight is 192 g/mol. The lowest BCUT2D eigenvalue weighted by molar-refractivity contribution is 0.195. The molecule has 1 unspecified atom stereocenters. The largest absolute Gasteiger partial charge is 0.393 e. The highest BCUT2D eigenvalue weighted by molar-refractivity contribution is 5.28. The first-order valence-corrected chi connectivity index (χ1v) is 5.17. The number of hydrogen-bond acceptors (Lipinski definition) is 1. The number of aliphatic hydroxyl groups excluding tert-OH is 1. The van der Waals surface area contributed by atoms with Crippen molar-refractivity contribution in [2.45, 2.75) is 45.6 Å². The van der Waals surface area contributed by atoms with E-state index in [2.05, 4.69) is 45.0 Å². The molecular formula is C13H20O. The summed E-state index contributed by atoms with van der Waals surface area (Å²) in [5.41, 5.74) is 2.73. The summed E-state index contributed by atoms with van der Waals surface area (Å²) in [7, 11) is 0. The summed E-state index contributed by atoms with van der Waals surface area (Å²) in [6.07, 6.45) is 0.481. The molecular weight excluding hydrogens is 172 g/mol. The Kier molecular flexibility index (Phi) is 3.33. The van der Waals surface area contributed by atoms with Crippen LogP contribution in [0.1, 0.15) is 38.8 Å². The van der Waals surface area contributed by atoms with Crippen molar-refractivity contribution in [2.24, 2.45) is 0 Å². The first kappa shape index (κ1) is 11.3. The van der Waals surface area contributed by atoms with Crippen molar-refractivity contribution in [3.63, 3.8) is 0 Å². The molecule has 0 saturated heterocycles. The van der Waals surface area contributed by atoms with E-state index in [0.29, 0.717) is 0 Å². The maximum atomic E-state index is 9.30. The van der Waals surface area contributed by atoms with Crippen molar-refractivity contribution in [3.05, 3.63) is 35.4 Å². The molecule has 0 aliphatic rings. The van der Waals surface area contributed by atoms with E-state index in [1.54, 1.807) is 0 Å². The van der Waals surface area contributed by atoms with Crippen LogP contribution < -0.4 is 0 Å². The second kappa shape index (κ2) is 4.14. The highest BCUT2D eigenvalue weighted by Gasteiger charge is 2.13. The molecule has 1 heteroatoms. The van der Waals surface area contributed by atoms with Gasteiger partial charge in [0.2, 0.25) is 0 Å². The first-order chi connectivity index (χ1) is 6.39. The fourth-order valence-corrected chi connectivity index (χ4v) is 1.51. The standard InChI is InChI=1S/C13H20O/c1-10(14)8-11-6-5-7-12(9-11)13(2,3)4/h5-7,9-10,14H,8H2,1-4H3. The molecule has 14 heavy (non-hydrogen) atoms. The molecule has 0 spiro atoms. The van der Waals surface area contributed by atoms with Crippen molar-refractivity contribution < 1.29 is 5.11 Å². The van der Waals surface area contributed by atoms with Crippen LogP contribution in [0.25, 0.3) is 0 Å². The molecule has 0 saturated carbocycles. The van der Waals surface area contributed by atoms with Crippen LogP contribution in [0.5, 0.6) is 0 Å². The predicted octanol–water partition coefficient (Wildman–Crippen LogP) is 2.91. The molecule has 0 aliphatic heterocycles. The minimum atomic E-state index is -0.259. The van der Waals surface area contributed by atoms with Gasteiger partial charge in [-0.1, -0.05) is 45.0 Å². The zero-order valence-electron chi connectivity index (χ0n) is 9.54. The summed E-state index contributed by atoms with van der Waals surface area (Å²) in [5, 5.41) is 9.30. The van der Waals surface area contributed by atoms with E-state index in [0.717, 1.165) is 6.42 Å². The van der Waals surface area contributed by atoms with Crippen molar-refractivity contribution in [3.8, 4) is 0 Å². The van der Waals surface area contributed by atoms with Gasteiger partial charge in [-0.25, -0.2) is 0 Å². The Hall–Kier alpha value is -0.820. The fourth-order valence-electron chi connectivity index (χ4n) is 1.51. The molecule has 1 nitrogen and oxygen atoms in total. The highest BCUT2D eigenvalue weighted by atomic mass is 16.3. The Labute approximate surface area is 86.8 Å². The van der Waals surface area contributed by atoms with Crippen LogP contribution in [0.4, 0.5) is 0 Å². The first-order valence-electron chi connectivity index (χ1n) is 5.17. The van der Waals surface area contributed by atoms with Crippen molar-refractivity contribution in [1.82, 2.24) is 0 Å². The van der Waals surface area contributed by atoms with Gasteiger partial charge >= 0.3 is 0 Å². The quantitative estimate of drug-likeness (QED) is 0.764. The molecule has 78 valence electrons. The molecule has 0 bridgehead atoms. The van der Waals surface area contributed by atoms with Gasteiger partial charge in [0.15, 0.2) is 0 Å². The van der Waals surface area contributed by atoms with Crippen LogP contribution in [0.15, 0.2) is 24.3 Å². The van der Waals surface area contributed by atoms with Gasteiger partial charge < -0.3 is 5.11 Å². The van der Waals surface area contributed by atoms with Gasteiger partial charge in [-0.2, -0.15) is 0 Å². The molecule has 1 aromatic rings. The van der Waals surface area contributed by atoms with Gasteiger partial charge in [0, 0.05) is 0 Å². The van der Waals surface area contributed by atoms with Gasteiger partial charge in [0.25, 0.3) is 0 Å². The second-order valence-corrected chi connectivity index (χ2v) is 5.00. The van der Waals surface area contributed by atoms with Gasteiger partial charge in [-0.3, -0.25) is 0 Å².